The van der Waals surface area contributed by atoms with E-state index in [1.165, 1.54) is 89.7 Å². The van der Waals surface area contributed by atoms with Crippen LogP contribution in [-0.2, 0) is 42.1 Å². The van der Waals surface area contributed by atoms with E-state index in [9.17, 15) is 4.79 Å². The monoisotopic (exact) mass is 629 g/mol. The van der Waals surface area contributed by atoms with Crippen molar-refractivity contribution in [1.29, 1.82) is 0 Å². The number of ether oxygens (including phenoxy) is 1. The van der Waals surface area contributed by atoms with Gasteiger partial charge in [0.05, 0.1) is 19.7 Å². The predicted octanol–water partition coefficient (Wildman–Crippen LogP) is 5.82. The highest BCUT2D eigenvalue weighted by Crippen LogP contribution is 2.41. The van der Waals surface area contributed by atoms with E-state index in [-0.39, 0.29) is 5.97 Å². The van der Waals surface area contributed by atoms with Crippen LogP contribution in [0.3, 0.4) is 0 Å². The summed E-state index contributed by atoms with van der Waals surface area (Å²) in [6.45, 7) is 11.9. The van der Waals surface area contributed by atoms with E-state index in [1.807, 2.05) is 25.5 Å². The van der Waals surface area contributed by atoms with Gasteiger partial charge in [-0.1, -0.05) is 43.5 Å². The molecule has 3 fully saturated rings. The number of rotatable bonds is 15. The number of benzene rings is 1. The zero-order valence-electron chi connectivity index (χ0n) is 28.0. The first-order valence-electron chi connectivity index (χ1n) is 18.0. The van der Waals surface area contributed by atoms with Gasteiger partial charge in [0.25, 0.3) is 0 Å². The minimum atomic E-state index is -0.138. The Morgan fingerprint density at radius 1 is 0.957 bits per heavy atom. The molecule has 1 aliphatic carbocycles. The Bertz CT molecular complexity index is 1320. The van der Waals surface area contributed by atoms with Gasteiger partial charge in [-0.25, -0.2) is 9.97 Å². The molecule has 4 heterocycles. The van der Waals surface area contributed by atoms with Crippen molar-refractivity contribution in [3.8, 4) is 0 Å². The molecule has 3 aromatic rings. The van der Waals surface area contributed by atoms with E-state index in [1.54, 1.807) is 0 Å². The number of aromatic nitrogens is 4. The summed E-state index contributed by atoms with van der Waals surface area (Å²) in [5.41, 5.74) is 2.95. The average molecular weight is 630 g/mol. The highest BCUT2D eigenvalue weighted by Gasteiger charge is 2.41. The summed E-state index contributed by atoms with van der Waals surface area (Å²) in [6, 6.07) is 9.47. The molecule has 250 valence electrons. The van der Waals surface area contributed by atoms with Crippen molar-refractivity contribution in [1.82, 2.24) is 34.2 Å². The maximum absolute atomic E-state index is 11.8. The number of carbonyl (C=O) groups is 1. The van der Waals surface area contributed by atoms with E-state index in [4.69, 9.17) is 9.72 Å². The number of nitrogens with one attached hydrogen (secondary N) is 1. The second-order valence-electron chi connectivity index (χ2n) is 14.0. The minimum Gasteiger partial charge on any atom is -0.466 e. The number of carbonyl (C=O) groups excluding carboxylic acids is 1. The minimum absolute atomic E-state index is 0.138. The molecule has 0 radical (unpaired) electrons. The topological polar surface area (TPSA) is 82.5 Å². The van der Waals surface area contributed by atoms with Gasteiger partial charge in [0, 0.05) is 56.9 Å². The third-order valence-electron chi connectivity index (χ3n) is 10.8. The van der Waals surface area contributed by atoms with Crippen LogP contribution in [0.1, 0.15) is 93.9 Å². The summed E-state index contributed by atoms with van der Waals surface area (Å²) in [4.78, 5) is 32.3. The van der Waals surface area contributed by atoms with Gasteiger partial charge in [0.15, 0.2) is 0 Å². The maximum atomic E-state index is 11.8. The van der Waals surface area contributed by atoms with E-state index in [0.717, 1.165) is 55.9 Å². The van der Waals surface area contributed by atoms with Gasteiger partial charge >= 0.3 is 5.97 Å². The number of esters is 1. The lowest BCUT2D eigenvalue weighted by molar-refractivity contribution is -0.143. The first-order valence-corrected chi connectivity index (χ1v) is 18.0. The number of imidazole rings is 2. The Morgan fingerprint density at radius 2 is 1.74 bits per heavy atom. The first-order chi connectivity index (χ1) is 22.6. The summed E-state index contributed by atoms with van der Waals surface area (Å²) in [5, 5.41) is 0. The lowest BCUT2D eigenvalue weighted by atomic mass is 9.77. The molecule has 9 heteroatoms. The third kappa shape index (κ3) is 9.07. The van der Waals surface area contributed by atoms with Crippen LogP contribution >= 0.6 is 0 Å². The highest BCUT2D eigenvalue weighted by molar-refractivity contribution is 5.69. The number of nitrogens with zero attached hydrogens (tertiary/aromatic N) is 6. The van der Waals surface area contributed by atoms with Crippen molar-refractivity contribution in [2.45, 2.75) is 110 Å². The summed E-state index contributed by atoms with van der Waals surface area (Å²) in [7, 11) is 0. The Balaban J connectivity index is 0.981. The molecule has 1 aromatic carbocycles. The van der Waals surface area contributed by atoms with Crippen LogP contribution in [0.4, 0.5) is 0 Å². The van der Waals surface area contributed by atoms with Crippen molar-refractivity contribution in [2.75, 3.05) is 39.3 Å². The van der Waals surface area contributed by atoms with Gasteiger partial charge in [-0.3, -0.25) is 9.69 Å². The smallest absolute Gasteiger partial charge is 0.306 e. The lowest BCUT2D eigenvalue weighted by Crippen LogP contribution is -2.46. The number of aromatic amines is 1. The van der Waals surface area contributed by atoms with Crippen LogP contribution in [0.25, 0.3) is 0 Å². The quantitative estimate of drug-likeness (QED) is 0.212. The molecule has 0 atom stereocenters. The molecule has 2 aliphatic heterocycles. The van der Waals surface area contributed by atoms with E-state index in [2.05, 4.69) is 59.7 Å². The van der Waals surface area contributed by atoms with Gasteiger partial charge < -0.3 is 24.1 Å². The van der Waals surface area contributed by atoms with Gasteiger partial charge in [-0.2, -0.15) is 0 Å². The van der Waals surface area contributed by atoms with Crippen LogP contribution in [-0.4, -0.2) is 85.6 Å². The first kappa shape index (κ1) is 32.9. The van der Waals surface area contributed by atoms with E-state index in [0.29, 0.717) is 24.9 Å². The zero-order chi connectivity index (χ0) is 31.6. The molecule has 1 saturated carbocycles. The molecule has 9 nitrogen and oxygen atoms in total. The molecule has 0 bridgehead atoms. The Kier molecular flexibility index (Phi) is 11.6. The molecular weight excluding hydrogens is 574 g/mol. The van der Waals surface area contributed by atoms with Crippen molar-refractivity contribution in [3.63, 3.8) is 0 Å². The number of hydrogen-bond acceptors (Lipinski definition) is 7. The van der Waals surface area contributed by atoms with E-state index >= 15 is 0 Å². The normalized spacial score (nSPS) is 19.3. The second-order valence-corrected chi connectivity index (χ2v) is 14.0. The number of piperidine rings is 1. The van der Waals surface area contributed by atoms with Crippen LogP contribution in [0.5, 0.6) is 0 Å². The van der Waals surface area contributed by atoms with Crippen molar-refractivity contribution >= 4 is 5.97 Å². The molecule has 0 unspecified atom stereocenters. The standard InChI is InChI=1S/C37H55N7O2/c1-2-46-36(45)14-13-31-9-11-32(12-10-31)27-42(28-34-38-18-19-39-34)29-35-40-20-26-44(35)22-6-21-41-23-15-37(30-41)16-24-43(25-17-37)33-7-4-3-5-8-33/h9-12,18-20,26,33H,2-8,13-17,21-25,27-30H2,1H3,(H,38,39). The Hall–Kier alpha value is -3.01. The maximum Gasteiger partial charge on any atom is 0.306 e. The molecular formula is C37H55N7O2. The van der Waals surface area contributed by atoms with Crippen molar-refractivity contribution in [2.24, 2.45) is 5.41 Å². The molecule has 46 heavy (non-hydrogen) atoms. The Labute approximate surface area is 275 Å². The fourth-order valence-electron chi connectivity index (χ4n) is 8.11. The molecule has 1 spiro atoms. The second kappa shape index (κ2) is 16.2. The molecule has 2 aromatic heterocycles. The largest absolute Gasteiger partial charge is 0.466 e. The fraction of sp³-hybridized carbons (Fsp3) is 0.649. The zero-order valence-corrected chi connectivity index (χ0v) is 28.0. The number of hydrogen-bond donors (Lipinski definition) is 1. The van der Waals surface area contributed by atoms with Gasteiger partial charge in [-0.15, -0.1) is 0 Å². The lowest BCUT2D eigenvalue weighted by Gasteiger charge is -2.44. The molecule has 1 N–H and O–H groups in total. The molecule has 6 rings (SSSR count). The molecule has 0 amide bonds. The molecule has 3 aliphatic rings. The predicted molar refractivity (Wildman–Crippen MR) is 181 cm³/mol. The summed E-state index contributed by atoms with van der Waals surface area (Å²) >= 11 is 0. The number of H-pyrrole nitrogens is 1. The van der Waals surface area contributed by atoms with Gasteiger partial charge in [0.1, 0.15) is 11.6 Å². The number of likely N-dealkylation sites (tertiary alicyclic amines) is 2. The van der Waals surface area contributed by atoms with Crippen LogP contribution < -0.4 is 0 Å². The number of aryl methyl sites for hydroxylation is 2. The van der Waals surface area contributed by atoms with E-state index < -0.39 is 0 Å². The fourth-order valence-corrected chi connectivity index (χ4v) is 8.11. The average Bonchev–Trinajstić information content (AvgIpc) is 3.85. The molecule has 2 saturated heterocycles. The third-order valence-corrected chi connectivity index (χ3v) is 10.8. The SMILES string of the molecule is CCOC(=O)CCc1ccc(CN(Cc2ncc[nH]2)Cc2nccn2CCCN2CCC3(CCN(C4CCCCC4)CC3)C2)cc1. The summed E-state index contributed by atoms with van der Waals surface area (Å²) in [5.74, 6) is 1.92. The Morgan fingerprint density at radius 3 is 2.50 bits per heavy atom. The van der Waals surface area contributed by atoms with Crippen LogP contribution in [0.15, 0.2) is 49.1 Å². The summed E-state index contributed by atoms with van der Waals surface area (Å²) in [6.07, 6.45) is 21.4. The van der Waals surface area contributed by atoms with Crippen LogP contribution in [0, 0.1) is 5.41 Å². The van der Waals surface area contributed by atoms with Crippen molar-refractivity contribution in [3.05, 3.63) is 71.8 Å². The van der Waals surface area contributed by atoms with Crippen LogP contribution in [0.2, 0.25) is 0 Å². The highest BCUT2D eigenvalue weighted by atomic mass is 16.5. The summed E-state index contributed by atoms with van der Waals surface area (Å²) < 4.78 is 7.43. The van der Waals surface area contributed by atoms with Gasteiger partial charge in [0.2, 0.25) is 0 Å². The van der Waals surface area contributed by atoms with Crippen molar-refractivity contribution < 1.29 is 9.53 Å². The van der Waals surface area contributed by atoms with Gasteiger partial charge in [-0.05, 0) is 94.6 Å².